The fraction of sp³-hybridized carbons (Fsp3) is 0.267. The molecule has 3 rings (SSSR count). The Bertz CT molecular complexity index is 763. The molecule has 1 aromatic carbocycles. The number of non-ortho nitro benzene ring substituents is 1. The van der Waals surface area contributed by atoms with Crippen LogP contribution in [0.5, 0.6) is 0 Å². The fourth-order valence-corrected chi connectivity index (χ4v) is 2.53. The molecular weight excluding hydrogens is 317 g/mol. The van der Waals surface area contributed by atoms with Crippen LogP contribution in [-0.2, 0) is 0 Å². The average molecular weight is 331 g/mol. The lowest BCUT2D eigenvalue weighted by Crippen LogP contribution is -2.49. The van der Waals surface area contributed by atoms with Gasteiger partial charge in [-0.05, 0) is 12.1 Å². The van der Waals surface area contributed by atoms with Gasteiger partial charge in [0.1, 0.15) is 5.82 Å². The Morgan fingerprint density at radius 2 is 1.83 bits per heavy atom. The number of carbonyl (C=O) groups excluding carboxylic acids is 1. The first-order valence-corrected chi connectivity index (χ1v) is 7.31. The van der Waals surface area contributed by atoms with Crippen molar-refractivity contribution in [2.75, 3.05) is 31.1 Å². The molecule has 1 aliphatic rings. The van der Waals surface area contributed by atoms with Crippen LogP contribution in [-0.4, -0.2) is 51.9 Å². The maximum absolute atomic E-state index is 14.0. The molecule has 124 valence electrons. The molecule has 0 aliphatic carbocycles. The van der Waals surface area contributed by atoms with E-state index in [1.807, 2.05) is 4.90 Å². The number of benzene rings is 1. The number of hydrogen-bond acceptors (Lipinski definition) is 6. The van der Waals surface area contributed by atoms with E-state index in [0.29, 0.717) is 32.1 Å². The number of aromatic nitrogens is 2. The number of halogens is 1. The van der Waals surface area contributed by atoms with E-state index in [4.69, 9.17) is 0 Å². The van der Waals surface area contributed by atoms with Gasteiger partial charge in [0, 0.05) is 44.6 Å². The molecule has 0 spiro atoms. The first-order valence-electron chi connectivity index (χ1n) is 7.31. The van der Waals surface area contributed by atoms with Crippen LogP contribution >= 0.6 is 0 Å². The van der Waals surface area contributed by atoms with Crippen molar-refractivity contribution in [3.63, 3.8) is 0 Å². The molecule has 8 nitrogen and oxygen atoms in total. The van der Waals surface area contributed by atoms with E-state index >= 15 is 0 Å². The van der Waals surface area contributed by atoms with Crippen LogP contribution in [0.25, 0.3) is 0 Å². The summed E-state index contributed by atoms with van der Waals surface area (Å²) in [5.74, 6) is -0.773. The second kappa shape index (κ2) is 6.57. The van der Waals surface area contributed by atoms with Crippen molar-refractivity contribution >= 4 is 17.5 Å². The standard InChI is InChI=1S/C15H14FN5O3/c16-13-10-11(21(23)24)2-3-12(13)14(22)19-6-8-20(9-7-19)15-17-4-1-5-18-15/h1-5,10H,6-9H2. The molecule has 24 heavy (non-hydrogen) atoms. The lowest BCUT2D eigenvalue weighted by Gasteiger charge is -2.34. The zero-order valence-electron chi connectivity index (χ0n) is 12.6. The van der Waals surface area contributed by atoms with Crippen LogP contribution < -0.4 is 4.90 Å². The van der Waals surface area contributed by atoms with Crippen LogP contribution in [0.15, 0.2) is 36.7 Å². The van der Waals surface area contributed by atoms with Gasteiger partial charge in [0.05, 0.1) is 16.6 Å². The SMILES string of the molecule is O=C(c1ccc([N+](=O)[O-])cc1F)N1CCN(c2ncccn2)CC1. The van der Waals surface area contributed by atoms with Gasteiger partial charge in [-0.25, -0.2) is 14.4 Å². The summed E-state index contributed by atoms with van der Waals surface area (Å²) in [5, 5.41) is 10.6. The minimum absolute atomic E-state index is 0.162. The van der Waals surface area contributed by atoms with E-state index in [0.717, 1.165) is 18.2 Å². The Balaban J connectivity index is 1.68. The summed E-state index contributed by atoms with van der Waals surface area (Å²) in [7, 11) is 0. The monoisotopic (exact) mass is 331 g/mol. The van der Waals surface area contributed by atoms with E-state index in [1.54, 1.807) is 18.5 Å². The van der Waals surface area contributed by atoms with E-state index in [-0.39, 0.29) is 11.3 Å². The number of nitrogens with zero attached hydrogens (tertiary/aromatic N) is 5. The molecule has 0 atom stereocenters. The first-order chi connectivity index (χ1) is 11.6. The summed E-state index contributed by atoms with van der Waals surface area (Å²) in [6.07, 6.45) is 3.29. The number of nitro groups is 1. The third kappa shape index (κ3) is 3.14. The topological polar surface area (TPSA) is 92.5 Å². The lowest BCUT2D eigenvalue weighted by molar-refractivity contribution is -0.385. The zero-order chi connectivity index (χ0) is 17.1. The average Bonchev–Trinajstić information content (AvgIpc) is 2.62. The summed E-state index contributed by atoms with van der Waals surface area (Å²) in [5.41, 5.74) is -0.542. The highest BCUT2D eigenvalue weighted by Crippen LogP contribution is 2.19. The molecule has 0 unspecified atom stereocenters. The van der Waals surface area contributed by atoms with Crippen molar-refractivity contribution in [1.29, 1.82) is 0 Å². The summed E-state index contributed by atoms with van der Waals surface area (Å²) in [6, 6.07) is 4.77. The summed E-state index contributed by atoms with van der Waals surface area (Å²) in [6.45, 7) is 1.86. The molecule has 0 radical (unpaired) electrons. The molecule has 1 aromatic heterocycles. The maximum Gasteiger partial charge on any atom is 0.272 e. The third-order valence-electron chi connectivity index (χ3n) is 3.80. The molecule has 2 heterocycles. The molecule has 1 amide bonds. The Kier molecular flexibility index (Phi) is 4.32. The number of amides is 1. The van der Waals surface area contributed by atoms with Crippen molar-refractivity contribution in [3.8, 4) is 0 Å². The molecule has 0 N–H and O–H groups in total. The number of hydrogen-bond donors (Lipinski definition) is 0. The van der Waals surface area contributed by atoms with E-state index in [2.05, 4.69) is 9.97 Å². The van der Waals surface area contributed by atoms with Crippen LogP contribution in [0.4, 0.5) is 16.0 Å². The van der Waals surface area contributed by atoms with Crippen molar-refractivity contribution < 1.29 is 14.1 Å². The van der Waals surface area contributed by atoms with Gasteiger partial charge in [0.15, 0.2) is 0 Å². The second-order valence-corrected chi connectivity index (χ2v) is 5.25. The largest absolute Gasteiger partial charge is 0.337 e. The minimum Gasteiger partial charge on any atom is -0.337 e. The highest BCUT2D eigenvalue weighted by atomic mass is 19.1. The van der Waals surface area contributed by atoms with Gasteiger partial charge in [0.25, 0.3) is 11.6 Å². The molecule has 9 heteroatoms. The van der Waals surface area contributed by atoms with E-state index < -0.39 is 16.6 Å². The molecule has 1 saturated heterocycles. The van der Waals surface area contributed by atoms with Gasteiger partial charge in [-0.2, -0.15) is 0 Å². The summed E-state index contributed by atoms with van der Waals surface area (Å²) in [4.78, 5) is 34.1. The maximum atomic E-state index is 14.0. The van der Waals surface area contributed by atoms with Crippen LogP contribution in [0.2, 0.25) is 0 Å². The highest BCUT2D eigenvalue weighted by molar-refractivity contribution is 5.94. The predicted molar refractivity (Wildman–Crippen MR) is 83.2 cm³/mol. The molecule has 1 fully saturated rings. The van der Waals surface area contributed by atoms with Gasteiger partial charge in [-0.3, -0.25) is 14.9 Å². The lowest BCUT2D eigenvalue weighted by atomic mass is 10.1. The quantitative estimate of drug-likeness (QED) is 0.625. The summed E-state index contributed by atoms with van der Waals surface area (Å²) >= 11 is 0. The first kappa shape index (κ1) is 15.8. The Morgan fingerprint density at radius 3 is 2.42 bits per heavy atom. The van der Waals surface area contributed by atoms with E-state index in [9.17, 15) is 19.3 Å². The number of anilines is 1. The van der Waals surface area contributed by atoms with Gasteiger partial charge < -0.3 is 9.80 Å². The molecule has 0 saturated carbocycles. The van der Waals surface area contributed by atoms with Crippen molar-refractivity contribution in [2.45, 2.75) is 0 Å². The van der Waals surface area contributed by atoms with Crippen LogP contribution in [0, 0.1) is 15.9 Å². The molecule has 2 aromatic rings. The van der Waals surface area contributed by atoms with Crippen molar-refractivity contribution in [3.05, 3.63) is 58.2 Å². The number of nitro benzene ring substituents is 1. The van der Waals surface area contributed by atoms with Gasteiger partial charge in [0.2, 0.25) is 5.95 Å². The minimum atomic E-state index is -0.886. The Morgan fingerprint density at radius 1 is 1.17 bits per heavy atom. The highest BCUT2D eigenvalue weighted by Gasteiger charge is 2.26. The van der Waals surface area contributed by atoms with Gasteiger partial charge >= 0.3 is 0 Å². The smallest absolute Gasteiger partial charge is 0.272 e. The zero-order valence-corrected chi connectivity index (χ0v) is 12.6. The Labute approximate surface area is 136 Å². The molecule has 0 bridgehead atoms. The van der Waals surface area contributed by atoms with Gasteiger partial charge in [-0.15, -0.1) is 0 Å². The van der Waals surface area contributed by atoms with Crippen LogP contribution in [0.1, 0.15) is 10.4 Å². The number of carbonyl (C=O) groups is 1. The normalized spacial score (nSPS) is 14.5. The second-order valence-electron chi connectivity index (χ2n) is 5.25. The van der Waals surface area contributed by atoms with Crippen LogP contribution in [0.3, 0.4) is 0 Å². The van der Waals surface area contributed by atoms with Gasteiger partial charge in [-0.1, -0.05) is 0 Å². The van der Waals surface area contributed by atoms with Crippen molar-refractivity contribution in [2.24, 2.45) is 0 Å². The number of piperazine rings is 1. The predicted octanol–water partition coefficient (Wildman–Crippen LogP) is 1.49. The molecular formula is C15H14FN5O3. The third-order valence-corrected chi connectivity index (χ3v) is 3.80. The Hall–Kier alpha value is -3.10. The fourth-order valence-electron chi connectivity index (χ4n) is 2.53. The van der Waals surface area contributed by atoms with E-state index in [1.165, 1.54) is 4.90 Å². The summed E-state index contributed by atoms with van der Waals surface area (Å²) < 4.78 is 14.0. The van der Waals surface area contributed by atoms with Crippen molar-refractivity contribution in [1.82, 2.24) is 14.9 Å². The number of rotatable bonds is 3. The molecule has 1 aliphatic heterocycles.